The summed E-state index contributed by atoms with van der Waals surface area (Å²) >= 11 is 6.05. The van der Waals surface area contributed by atoms with Crippen LogP contribution in [0.4, 0.5) is 5.69 Å². The predicted molar refractivity (Wildman–Crippen MR) is 83.2 cm³/mol. The van der Waals surface area contributed by atoms with E-state index in [1.165, 1.54) is 12.6 Å². The summed E-state index contributed by atoms with van der Waals surface area (Å²) in [5.74, 6) is 0.178. The van der Waals surface area contributed by atoms with Crippen molar-refractivity contribution < 1.29 is 5.11 Å². The Kier molecular flexibility index (Phi) is 4.74. The lowest BCUT2D eigenvalue weighted by Gasteiger charge is -2.01. The van der Waals surface area contributed by atoms with Crippen molar-refractivity contribution in [3.05, 3.63) is 58.6 Å². The van der Waals surface area contributed by atoms with Gasteiger partial charge in [0.1, 0.15) is 12.1 Å². The quantitative estimate of drug-likeness (QED) is 0.512. The number of aryl methyl sites for hydroxylation is 1. The molecule has 4 nitrogen and oxygen atoms in total. The third-order valence-corrected chi connectivity index (χ3v) is 2.96. The number of rotatable bonds is 4. The van der Waals surface area contributed by atoms with Gasteiger partial charge in [0.05, 0.1) is 16.9 Å². The summed E-state index contributed by atoms with van der Waals surface area (Å²) in [6.07, 6.45) is 2.96. The van der Waals surface area contributed by atoms with Gasteiger partial charge in [-0.1, -0.05) is 35.9 Å². The lowest BCUT2D eigenvalue weighted by atomic mass is 10.2. The smallest absolute Gasteiger partial charge is 0.124 e. The lowest BCUT2D eigenvalue weighted by molar-refractivity contribution is 0.474. The van der Waals surface area contributed by atoms with Crippen LogP contribution in [0.5, 0.6) is 5.75 Å². The number of hydrogen-bond acceptors (Lipinski definition) is 3. The number of aromatic hydroxyl groups is 1. The van der Waals surface area contributed by atoms with E-state index in [9.17, 15) is 5.11 Å². The van der Waals surface area contributed by atoms with Crippen molar-refractivity contribution >= 4 is 29.8 Å². The zero-order chi connectivity index (χ0) is 14.4. The molecule has 20 heavy (non-hydrogen) atoms. The maximum atomic E-state index is 9.55. The topological polar surface area (TPSA) is 57.0 Å². The molecule has 0 fully saturated rings. The number of halogens is 1. The van der Waals surface area contributed by atoms with Gasteiger partial charge in [-0.15, -0.1) is 0 Å². The largest absolute Gasteiger partial charge is 0.507 e. The molecule has 2 aromatic rings. The van der Waals surface area contributed by atoms with Gasteiger partial charge in [-0.2, -0.15) is 5.10 Å². The molecule has 0 radical (unpaired) electrons. The van der Waals surface area contributed by atoms with Gasteiger partial charge in [-0.05, 0) is 30.7 Å². The summed E-state index contributed by atoms with van der Waals surface area (Å²) in [7, 11) is 0. The summed E-state index contributed by atoms with van der Waals surface area (Å²) in [5.41, 5.74) is 4.99. The normalized spacial score (nSPS) is 11.3. The van der Waals surface area contributed by atoms with Crippen LogP contribution in [0, 0.1) is 6.92 Å². The average Bonchev–Trinajstić information content (AvgIpc) is 2.43. The number of benzene rings is 2. The van der Waals surface area contributed by atoms with E-state index in [1.54, 1.807) is 24.3 Å². The minimum Gasteiger partial charge on any atom is -0.507 e. The van der Waals surface area contributed by atoms with Gasteiger partial charge in [-0.25, -0.2) is 4.99 Å². The van der Waals surface area contributed by atoms with Crippen molar-refractivity contribution in [1.29, 1.82) is 0 Å². The molecular weight excluding hydrogens is 274 g/mol. The molecule has 0 saturated heterocycles. The number of para-hydroxylation sites is 2. The average molecular weight is 288 g/mol. The number of aliphatic imine (C=N–C) groups is 1. The molecule has 0 heterocycles. The molecule has 102 valence electrons. The first-order valence-electron chi connectivity index (χ1n) is 6.02. The predicted octanol–water partition coefficient (Wildman–Crippen LogP) is 3.64. The number of phenols is 1. The Morgan fingerprint density at radius 1 is 1.15 bits per heavy atom. The SMILES string of the molecule is Cc1cccc(Cl)c1N=CN/N=C/c1ccccc1O. The van der Waals surface area contributed by atoms with E-state index < -0.39 is 0 Å². The van der Waals surface area contributed by atoms with Crippen molar-refractivity contribution in [3.63, 3.8) is 0 Å². The van der Waals surface area contributed by atoms with E-state index in [1.807, 2.05) is 25.1 Å². The molecule has 0 aromatic heterocycles. The summed E-state index contributed by atoms with van der Waals surface area (Å²) in [4.78, 5) is 4.21. The van der Waals surface area contributed by atoms with Crippen LogP contribution in [-0.4, -0.2) is 17.7 Å². The Bertz CT molecular complexity index is 633. The zero-order valence-electron chi connectivity index (χ0n) is 10.9. The summed E-state index contributed by atoms with van der Waals surface area (Å²) in [6, 6.07) is 12.5. The molecule has 0 aliphatic carbocycles. The van der Waals surface area contributed by atoms with Crippen molar-refractivity contribution in [3.8, 4) is 5.75 Å². The number of hydrogen-bond donors (Lipinski definition) is 2. The highest BCUT2D eigenvalue weighted by atomic mass is 35.5. The molecule has 0 amide bonds. The number of nitrogens with one attached hydrogen (secondary N) is 1. The molecule has 0 atom stereocenters. The van der Waals surface area contributed by atoms with E-state index >= 15 is 0 Å². The minimum atomic E-state index is 0.178. The standard InChI is InChI=1S/C15H14ClN3O/c1-11-5-4-7-13(16)15(11)17-10-19-18-9-12-6-2-3-8-14(12)20/h2-10,20H,1H3,(H,17,19)/b18-9+. The second-order valence-electron chi connectivity index (χ2n) is 4.11. The third kappa shape index (κ3) is 3.59. The number of phenolic OH excluding ortho intramolecular Hbond substituents is 1. The van der Waals surface area contributed by atoms with Gasteiger partial charge in [0.2, 0.25) is 0 Å². The maximum Gasteiger partial charge on any atom is 0.124 e. The molecule has 0 saturated carbocycles. The van der Waals surface area contributed by atoms with Crippen LogP contribution in [0.3, 0.4) is 0 Å². The molecule has 0 unspecified atom stereocenters. The molecule has 0 spiro atoms. The first-order valence-corrected chi connectivity index (χ1v) is 6.40. The molecule has 2 N–H and O–H groups in total. The monoisotopic (exact) mass is 287 g/mol. The molecule has 2 aromatic carbocycles. The molecular formula is C15H14ClN3O. The highest BCUT2D eigenvalue weighted by Crippen LogP contribution is 2.27. The van der Waals surface area contributed by atoms with Gasteiger partial charge in [0.15, 0.2) is 0 Å². The minimum absolute atomic E-state index is 0.178. The Morgan fingerprint density at radius 3 is 2.70 bits per heavy atom. The van der Waals surface area contributed by atoms with Crippen molar-refractivity contribution in [2.75, 3.05) is 0 Å². The van der Waals surface area contributed by atoms with Gasteiger partial charge in [0, 0.05) is 5.56 Å². The van der Waals surface area contributed by atoms with Crippen molar-refractivity contribution in [1.82, 2.24) is 5.43 Å². The fourth-order valence-electron chi connectivity index (χ4n) is 1.62. The number of nitrogens with zero attached hydrogens (tertiary/aromatic N) is 2. The zero-order valence-corrected chi connectivity index (χ0v) is 11.7. The van der Waals surface area contributed by atoms with E-state index in [0.29, 0.717) is 16.3 Å². The first-order chi connectivity index (χ1) is 9.68. The Hall–Kier alpha value is -2.33. The Morgan fingerprint density at radius 2 is 1.95 bits per heavy atom. The van der Waals surface area contributed by atoms with Crippen molar-refractivity contribution in [2.24, 2.45) is 10.1 Å². The molecule has 0 aliphatic heterocycles. The third-order valence-electron chi connectivity index (χ3n) is 2.65. The fraction of sp³-hybridized carbons (Fsp3) is 0.0667. The van der Waals surface area contributed by atoms with Gasteiger partial charge in [-0.3, -0.25) is 5.43 Å². The van der Waals surface area contributed by atoms with E-state index in [0.717, 1.165) is 5.56 Å². The van der Waals surface area contributed by atoms with Crippen LogP contribution in [0.15, 0.2) is 52.6 Å². The van der Waals surface area contributed by atoms with Crippen LogP contribution in [0.1, 0.15) is 11.1 Å². The van der Waals surface area contributed by atoms with E-state index in [2.05, 4.69) is 15.5 Å². The van der Waals surface area contributed by atoms with E-state index in [4.69, 9.17) is 11.6 Å². The Labute approximate surface area is 122 Å². The molecule has 0 aliphatic rings. The Balaban J connectivity index is 2.00. The molecule has 5 heteroatoms. The van der Waals surface area contributed by atoms with Crippen molar-refractivity contribution in [2.45, 2.75) is 6.92 Å². The van der Waals surface area contributed by atoms with Crippen LogP contribution in [-0.2, 0) is 0 Å². The van der Waals surface area contributed by atoms with Crippen LogP contribution < -0.4 is 5.43 Å². The summed E-state index contributed by atoms with van der Waals surface area (Å²) in [6.45, 7) is 1.93. The second-order valence-corrected chi connectivity index (χ2v) is 4.52. The highest BCUT2D eigenvalue weighted by molar-refractivity contribution is 6.33. The second kappa shape index (κ2) is 6.73. The first kappa shape index (κ1) is 14.1. The lowest BCUT2D eigenvalue weighted by Crippen LogP contribution is -2.01. The van der Waals surface area contributed by atoms with Crippen LogP contribution in [0.2, 0.25) is 5.02 Å². The maximum absolute atomic E-state index is 9.55. The van der Waals surface area contributed by atoms with E-state index in [-0.39, 0.29) is 5.75 Å². The molecule has 2 rings (SSSR count). The van der Waals surface area contributed by atoms with Gasteiger partial charge in [0.25, 0.3) is 0 Å². The van der Waals surface area contributed by atoms with Gasteiger partial charge >= 0.3 is 0 Å². The molecule has 0 bridgehead atoms. The highest BCUT2D eigenvalue weighted by Gasteiger charge is 1.99. The summed E-state index contributed by atoms with van der Waals surface area (Å²) in [5, 5.41) is 14.1. The summed E-state index contributed by atoms with van der Waals surface area (Å²) < 4.78 is 0. The van der Waals surface area contributed by atoms with Gasteiger partial charge < -0.3 is 5.11 Å². The fourth-order valence-corrected chi connectivity index (χ4v) is 1.89. The van der Waals surface area contributed by atoms with Crippen LogP contribution in [0.25, 0.3) is 0 Å². The number of hydrazone groups is 1. The van der Waals surface area contributed by atoms with Crippen LogP contribution >= 0.6 is 11.6 Å².